The second-order valence-electron chi connectivity index (χ2n) is 20.6. The summed E-state index contributed by atoms with van der Waals surface area (Å²) in [4.78, 5) is 79.8. The van der Waals surface area contributed by atoms with Gasteiger partial charge in [0.15, 0.2) is 55.3 Å². The lowest BCUT2D eigenvalue weighted by Crippen LogP contribution is -2.26. The van der Waals surface area contributed by atoms with E-state index in [0.29, 0.717) is 46.2 Å². The first-order chi connectivity index (χ1) is 43.7. The van der Waals surface area contributed by atoms with Crippen molar-refractivity contribution in [1.82, 2.24) is 76.7 Å². The number of hydrogen-bond donors (Lipinski definition) is 0. The van der Waals surface area contributed by atoms with E-state index in [1.54, 1.807) is 86.2 Å². The van der Waals surface area contributed by atoms with Gasteiger partial charge in [0.25, 0.3) is 0 Å². The zero-order chi connectivity index (χ0) is 64.5. The number of nitrogens with zero attached hydrogens (tertiary/aromatic N) is 16. The zero-order valence-electron chi connectivity index (χ0n) is 49.1. The number of ether oxygens (including phenoxy) is 3. The van der Waals surface area contributed by atoms with Crippen LogP contribution in [-0.2, 0) is 20.0 Å². The number of benzene rings is 5. The van der Waals surface area contributed by atoms with Gasteiger partial charge >= 0.3 is 12.2 Å². The van der Waals surface area contributed by atoms with Crippen molar-refractivity contribution in [3.63, 3.8) is 0 Å². The van der Waals surface area contributed by atoms with E-state index in [1.165, 1.54) is 47.0 Å². The zero-order valence-corrected chi connectivity index (χ0v) is 50.0. The van der Waals surface area contributed by atoms with Crippen LogP contribution in [0.4, 0.5) is 17.6 Å². The predicted octanol–water partition coefficient (Wildman–Crippen LogP) is 10.5. The predicted molar refractivity (Wildman–Crippen MR) is 324 cm³/mol. The summed E-state index contributed by atoms with van der Waals surface area (Å²) in [6.07, 6.45) is 20.4. The summed E-state index contributed by atoms with van der Waals surface area (Å²) in [6, 6.07) is 16.9. The van der Waals surface area contributed by atoms with Crippen molar-refractivity contribution in [2.75, 3.05) is 6.61 Å². The van der Waals surface area contributed by atoms with Gasteiger partial charge in [-0.2, -0.15) is 13.2 Å². The Labute approximate surface area is 516 Å². The second-order valence-corrected chi connectivity index (χ2v) is 21.4. The first-order valence-electron chi connectivity index (χ1n) is 27.3. The molecule has 2 aliphatic rings. The molecule has 5 aromatic carbocycles. The van der Waals surface area contributed by atoms with E-state index in [1.807, 2.05) is 95.0 Å². The fourth-order valence-corrected chi connectivity index (χ4v) is 10.9. The molecule has 0 radical (unpaired) electrons. The summed E-state index contributed by atoms with van der Waals surface area (Å²) in [6.45, 7) is 8.62. The summed E-state index contributed by atoms with van der Waals surface area (Å²) < 4.78 is 85.3. The van der Waals surface area contributed by atoms with Crippen molar-refractivity contribution in [3.8, 4) is 45.7 Å². The molecule has 0 amide bonds. The number of aromatic nitrogens is 16. The Morgan fingerprint density at radius 1 is 0.473 bits per heavy atom. The minimum absolute atomic E-state index is 0.00719. The van der Waals surface area contributed by atoms with E-state index in [2.05, 4.69) is 54.1 Å². The number of rotatable bonds is 10. The lowest BCUT2D eigenvalue weighted by atomic mass is 10.0. The van der Waals surface area contributed by atoms with Gasteiger partial charge in [-0.05, 0) is 107 Å². The quantitative estimate of drug-likeness (QED) is 0.0910. The van der Waals surface area contributed by atoms with Crippen molar-refractivity contribution < 1.29 is 55.7 Å². The molecule has 0 fully saturated rings. The minimum atomic E-state index is -3.77. The number of hydrogen-bond acceptors (Lipinski definition) is 18. The van der Waals surface area contributed by atoms with Crippen molar-refractivity contribution in [2.24, 2.45) is 14.1 Å². The summed E-state index contributed by atoms with van der Waals surface area (Å²) >= 11 is 1.39. The molecule has 29 heteroatoms. The Balaban J connectivity index is 0.000000117. The van der Waals surface area contributed by atoms with Crippen LogP contribution in [0.5, 0.6) is 17.2 Å². The molecule has 2 aliphatic heterocycles. The number of aldehydes is 5. The molecule has 0 bridgehead atoms. The van der Waals surface area contributed by atoms with E-state index in [9.17, 15) is 41.5 Å². The molecule has 24 nitrogen and oxygen atoms in total. The first kappa shape index (κ1) is 61.0. The number of carbonyl (C=O) groups excluding carboxylic acids is 5. The van der Waals surface area contributed by atoms with Crippen molar-refractivity contribution >= 4 is 75.1 Å². The average molecular weight is 1260 g/mol. The topological polar surface area (TPSA) is 264 Å². The van der Waals surface area contributed by atoms with Crippen LogP contribution < -0.4 is 14.2 Å². The Morgan fingerprint density at radius 3 is 1.42 bits per heavy atom. The van der Waals surface area contributed by atoms with Crippen LogP contribution >= 0.6 is 11.5 Å². The summed E-state index contributed by atoms with van der Waals surface area (Å²) in [5.41, 5.74) is 12.5. The number of halogens is 4. The van der Waals surface area contributed by atoms with E-state index < -0.39 is 18.8 Å². The van der Waals surface area contributed by atoms with Crippen LogP contribution in [0, 0.1) is 34.6 Å². The first-order valence-corrected chi connectivity index (χ1v) is 28.1. The van der Waals surface area contributed by atoms with Crippen LogP contribution in [0.2, 0.25) is 0 Å². The normalized spacial score (nSPS) is 13.0. The van der Waals surface area contributed by atoms with Gasteiger partial charge < -0.3 is 41.6 Å². The van der Waals surface area contributed by atoms with E-state index in [-0.39, 0.29) is 33.9 Å². The van der Waals surface area contributed by atoms with Crippen molar-refractivity contribution in [2.45, 2.75) is 46.8 Å². The van der Waals surface area contributed by atoms with Crippen LogP contribution in [0.1, 0.15) is 85.8 Å². The average Bonchev–Trinajstić information content (AvgIpc) is 1.69. The van der Waals surface area contributed by atoms with Crippen LogP contribution in [0.3, 0.4) is 0 Å². The van der Waals surface area contributed by atoms with Gasteiger partial charge in [-0.1, -0.05) is 5.21 Å². The Morgan fingerprint density at radius 2 is 0.901 bits per heavy atom. The summed E-state index contributed by atoms with van der Waals surface area (Å²) in [5, 5.41) is 8.99. The van der Waals surface area contributed by atoms with E-state index in [0.717, 1.165) is 91.0 Å². The third-order valence-electron chi connectivity index (χ3n) is 14.3. The van der Waals surface area contributed by atoms with Crippen molar-refractivity contribution in [3.05, 3.63) is 198 Å². The van der Waals surface area contributed by atoms with Crippen LogP contribution in [-0.4, -0.2) is 121 Å². The van der Waals surface area contributed by atoms with Gasteiger partial charge in [0.2, 0.25) is 0 Å². The van der Waals surface area contributed by atoms with Crippen molar-refractivity contribution in [1.29, 1.82) is 0 Å². The van der Waals surface area contributed by atoms with Gasteiger partial charge in [-0.15, -0.1) is 13.9 Å². The molecule has 0 spiro atoms. The molecule has 91 heavy (non-hydrogen) atoms. The summed E-state index contributed by atoms with van der Waals surface area (Å²) in [7, 11) is 3.65. The highest BCUT2D eigenvalue weighted by molar-refractivity contribution is 7.13. The largest absolute Gasteiger partial charge is 0.586 e. The summed E-state index contributed by atoms with van der Waals surface area (Å²) in [5.74, 6) is -3.53. The molecule has 15 rings (SSSR count). The maximum atomic E-state index is 13.8. The fraction of sp³-hybridized carbons (Fsp3) is 0.161. The molecule has 0 N–H and O–H groups in total. The fourth-order valence-electron chi connectivity index (χ4n) is 10.1. The van der Waals surface area contributed by atoms with Gasteiger partial charge in [-0.3, -0.25) is 24.0 Å². The van der Waals surface area contributed by atoms with Gasteiger partial charge in [0, 0.05) is 78.9 Å². The molecule has 0 atom stereocenters. The monoisotopic (exact) mass is 1250 g/mol. The number of carbonyl (C=O) groups is 5. The van der Waals surface area contributed by atoms with Crippen LogP contribution in [0.15, 0.2) is 136 Å². The molecular weight excluding hydrogens is 1200 g/mol. The molecule has 8 aromatic heterocycles. The third kappa shape index (κ3) is 12.1. The molecule has 13 aromatic rings. The van der Waals surface area contributed by atoms with Gasteiger partial charge in [0.05, 0.1) is 116 Å². The molecule has 460 valence electrons. The van der Waals surface area contributed by atoms with Crippen LogP contribution in [0.25, 0.3) is 60.6 Å². The Hall–Kier alpha value is -11.6. The highest BCUT2D eigenvalue weighted by Gasteiger charge is 2.47. The molecule has 0 unspecified atom stereocenters. The maximum Gasteiger partial charge on any atom is 0.586 e. The highest BCUT2D eigenvalue weighted by atomic mass is 32.1. The SMILES string of the molecule is Cc1cn(-c2ccc(C=O)c3c2OC(F)(F)O3)cn1.Cc1cn(-c2ccc(C=O)c3c2OCC3(F)F)cn1.Cc1cn(-c2ccc(C=O)c3c2ncn3C)cn1.Cc1cn(-c2ccc(C=O)c3c2nnn3C)cn1.Cc1cn(-c2ccc(C=O)c3cnsc23)cn1. The third-order valence-corrected chi connectivity index (χ3v) is 15.1. The van der Waals surface area contributed by atoms with E-state index >= 15 is 0 Å². The van der Waals surface area contributed by atoms with Gasteiger partial charge in [-0.25, -0.2) is 34.6 Å². The second kappa shape index (κ2) is 24.9. The molecule has 0 saturated carbocycles. The Bertz CT molecular complexity index is 4810. The maximum absolute atomic E-state index is 13.8. The van der Waals surface area contributed by atoms with Gasteiger partial charge in [0.1, 0.15) is 16.6 Å². The number of imidazole rings is 6. The minimum Gasteiger partial charge on any atom is -0.484 e. The lowest BCUT2D eigenvalue weighted by Gasteiger charge is -2.11. The molecular formula is C62H50F4N16O8S. The highest BCUT2D eigenvalue weighted by Crippen LogP contribution is 2.48. The smallest absolute Gasteiger partial charge is 0.484 e. The van der Waals surface area contributed by atoms with E-state index in [4.69, 9.17) is 4.74 Å². The number of aryl methyl sites for hydroxylation is 7. The Kier molecular flexibility index (Phi) is 16.7. The lowest BCUT2D eigenvalue weighted by molar-refractivity contribution is -0.286. The molecule has 0 saturated heterocycles. The molecule has 10 heterocycles. The molecule has 0 aliphatic carbocycles. The number of fused-ring (bicyclic) bond motifs is 5. The number of alkyl halides is 4. The standard InChI is InChI=1S/C13H10F2N2O2.C13H12N4O.C12H8F2N2O3.C12H11N5O.C12H9N3OS/c1-8-4-17(7-16-8)10-3-2-9(5-18)11-12(10)19-6-13(11,14)15;1-9-5-17(8-14-9)11-4-3-10(6-18)13-12(11)15-7-16(13)2;1-7-4-16(6-15-7)9-3-2-8(5-17)10-11(9)19-12(13,14)18-10;1-8-5-17(7-13-8)10-4-3-9(6-18)12-11(10)14-15-16(12)2;1-8-5-15(7-13-8)11-3-2-9(6-16)10-4-14-17-12(10)11/h2-5,7H,6H2,1H3;3-8H,1-2H3;2-6H,1H3;3-7H,1-2H3;2-7H,1H3.